The van der Waals surface area contributed by atoms with E-state index >= 15 is 0 Å². The molecule has 1 saturated carbocycles. The zero-order valence-electron chi connectivity index (χ0n) is 10.8. The number of hydrogen-bond donors (Lipinski definition) is 1. The summed E-state index contributed by atoms with van der Waals surface area (Å²) in [7, 11) is 0. The van der Waals surface area contributed by atoms with Crippen molar-refractivity contribution in [2.75, 3.05) is 6.54 Å². The number of halogens is 1. The van der Waals surface area contributed by atoms with E-state index in [1.54, 1.807) is 12.1 Å². The molecule has 1 unspecified atom stereocenters. The van der Waals surface area contributed by atoms with Gasteiger partial charge in [0.25, 0.3) is 0 Å². The van der Waals surface area contributed by atoms with Crippen molar-refractivity contribution in [2.45, 2.75) is 45.6 Å². The van der Waals surface area contributed by atoms with Gasteiger partial charge in [-0.15, -0.1) is 0 Å². The maximum Gasteiger partial charge on any atom is 0.123 e. The molecule has 0 aliphatic heterocycles. The van der Waals surface area contributed by atoms with Crippen molar-refractivity contribution in [3.05, 3.63) is 35.1 Å². The van der Waals surface area contributed by atoms with E-state index < -0.39 is 0 Å². The van der Waals surface area contributed by atoms with E-state index in [-0.39, 0.29) is 5.82 Å². The van der Waals surface area contributed by atoms with E-state index in [2.05, 4.69) is 12.2 Å². The predicted molar refractivity (Wildman–Crippen MR) is 69.6 cm³/mol. The summed E-state index contributed by atoms with van der Waals surface area (Å²) >= 11 is 0. The zero-order chi connectivity index (χ0) is 12.3. The van der Waals surface area contributed by atoms with Crippen LogP contribution in [0, 0.1) is 18.7 Å². The molecule has 1 aromatic carbocycles. The van der Waals surface area contributed by atoms with Crippen molar-refractivity contribution >= 4 is 0 Å². The SMILES string of the molecule is CCNC(Cc1ccc(F)cc1C)C1CCC1. The van der Waals surface area contributed by atoms with Gasteiger partial charge in [0.2, 0.25) is 0 Å². The molecule has 94 valence electrons. The summed E-state index contributed by atoms with van der Waals surface area (Å²) in [6, 6.07) is 5.72. The van der Waals surface area contributed by atoms with Crippen LogP contribution in [-0.4, -0.2) is 12.6 Å². The molecule has 1 atom stereocenters. The maximum atomic E-state index is 13.1. The van der Waals surface area contributed by atoms with Crippen LogP contribution < -0.4 is 5.32 Å². The van der Waals surface area contributed by atoms with Crippen molar-refractivity contribution < 1.29 is 4.39 Å². The molecule has 0 radical (unpaired) electrons. The fourth-order valence-corrected chi connectivity index (χ4v) is 2.64. The van der Waals surface area contributed by atoms with Crippen molar-refractivity contribution in [3.8, 4) is 0 Å². The topological polar surface area (TPSA) is 12.0 Å². The van der Waals surface area contributed by atoms with Crippen LogP contribution in [0.1, 0.15) is 37.3 Å². The molecule has 2 heteroatoms. The standard InChI is InChI=1S/C15H22FN/c1-3-17-15(12-5-4-6-12)10-13-7-8-14(16)9-11(13)2/h7-9,12,15,17H,3-6,10H2,1-2H3. The smallest absolute Gasteiger partial charge is 0.123 e. The highest BCUT2D eigenvalue weighted by molar-refractivity contribution is 5.27. The maximum absolute atomic E-state index is 13.1. The lowest BCUT2D eigenvalue weighted by Crippen LogP contribution is -2.41. The molecule has 0 amide bonds. The van der Waals surface area contributed by atoms with Gasteiger partial charge < -0.3 is 5.32 Å². The molecular weight excluding hydrogens is 213 g/mol. The first kappa shape index (κ1) is 12.6. The molecule has 1 aliphatic carbocycles. The van der Waals surface area contributed by atoms with Crippen LogP contribution in [0.4, 0.5) is 4.39 Å². The van der Waals surface area contributed by atoms with Crippen LogP contribution in [0.5, 0.6) is 0 Å². The second kappa shape index (κ2) is 5.63. The van der Waals surface area contributed by atoms with Gasteiger partial charge in [-0.1, -0.05) is 19.4 Å². The van der Waals surface area contributed by atoms with E-state index in [1.807, 2.05) is 13.0 Å². The number of benzene rings is 1. The van der Waals surface area contributed by atoms with E-state index in [9.17, 15) is 4.39 Å². The van der Waals surface area contributed by atoms with Gasteiger partial charge in [0, 0.05) is 6.04 Å². The fraction of sp³-hybridized carbons (Fsp3) is 0.600. The molecular formula is C15H22FN. The van der Waals surface area contributed by atoms with Crippen LogP contribution in [0.2, 0.25) is 0 Å². The molecule has 1 aliphatic rings. The van der Waals surface area contributed by atoms with Crippen LogP contribution in [0.25, 0.3) is 0 Å². The van der Waals surface area contributed by atoms with Gasteiger partial charge in [0.15, 0.2) is 0 Å². The Hall–Kier alpha value is -0.890. The molecule has 2 rings (SSSR count). The summed E-state index contributed by atoms with van der Waals surface area (Å²) in [5.41, 5.74) is 2.36. The van der Waals surface area contributed by atoms with Crippen molar-refractivity contribution in [3.63, 3.8) is 0 Å². The lowest BCUT2D eigenvalue weighted by atomic mass is 9.77. The minimum Gasteiger partial charge on any atom is -0.314 e. The Balaban J connectivity index is 2.05. The van der Waals surface area contributed by atoms with Gasteiger partial charge in [-0.3, -0.25) is 0 Å². The van der Waals surface area contributed by atoms with Crippen molar-refractivity contribution in [2.24, 2.45) is 5.92 Å². The summed E-state index contributed by atoms with van der Waals surface area (Å²) in [5.74, 6) is 0.689. The van der Waals surface area contributed by atoms with Crippen LogP contribution in [0.3, 0.4) is 0 Å². The van der Waals surface area contributed by atoms with Gasteiger partial charge >= 0.3 is 0 Å². The third kappa shape index (κ3) is 3.06. The van der Waals surface area contributed by atoms with Gasteiger partial charge in [0.05, 0.1) is 0 Å². The second-order valence-electron chi connectivity index (χ2n) is 5.13. The first-order chi connectivity index (χ1) is 8.20. The minimum absolute atomic E-state index is 0.130. The molecule has 0 aromatic heterocycles. The number of hydrogen-bond acceptors (Lipinski definition) is 1. The Labute approximate surface area is 103 Å². The Morgan fingerprint density at radius 3 is 2.71 bits per heavy atom. The normalized spacial score (nSPS) is 17.8. The molecule has 0 saturated heterocycles. The molecule has 1 fully saturated rings. The lowest BCUT2D eigenvalue weighted by Gasteiger charge is -2.34. The number of rotatable bonds is 5. The Morgan fingerprint density at radius 2 is 2.18 bits per heavy atom. The van der Waals surface area contributed by atoms with E-state index in [1.165, 1.54) is 24.8 Å². The first-order valence-corrected chi connectivity index (χ1v) is 6.69. The van der Waals surface area contributed by atoms with Gasteiger partial charge in [0.1, 0.15) is 5.82 Å². The summed E-state index contributed by atoms with van der Waals surface area (Å²) in [4.78, 5) is 0. The molecule has 17 heavy (non-hydrogen) atoms. The predicted octanol–water partition coefficient (Wildman–Crippen LogP) is 3.45. The molecule has 1 nitrogen and oxygen atoms in total. The quantitative estimate of drug-likeness (QED) is 0.824. The number of likely N-dealkylation sites (N-methyl/N-ethyl adjacent to an activating group) is 1. The summed E-state index contributed by atoms with van der Waals surface area (Å²) < 4.78 is 13.1. The molecule has 0 bridgehead atoms. The molecule has 1 aromatic rings. The number of nitrogens with one attached hydrogen (secondary N) is 1. The Morgan fingerprint density at radius 1 is 1.41 bits per heavy atom. The minimum atomic E-state index is -0.130. The molecule has 0 heterocycles. The molecule has 1 N–H and O–H groups in total. The fourth-order valence-electron chi connectivity index (χ4n) is 2.64. The second-order valence-corrected chi connectivity index (χ2v) is 5.13. The third-order valence-corrected chi connectivity index (χ3v) is 3.93. The molecule has 0 spiro atoms. The van der Waals surface area contributed by atoms with Crippen LogP contribution in [-0.2, 0) is 6.42 Å². The largest absolute Gasteiger partial charge is 0.314 e. The summed E-state index contributed by atoms with van der Waals surface area (Å²) in [6.45, 7) is 5.17. The number of aryl methyl sites for hydroxylation is 1. The Bertz CT molecular complexity index is 371. The highest BCUT2D eigenvalue weighted by Gasteiger charge is 2.26. The first-order valence-electron chi connectivity index (χ1n) is 6.69. The van der Waals surface area contributed by atoms with E-state index in [0.717, 1.165) is 24.4 Å². The zero-order valence-corrected chi connectivity index (χ0v) is 10.8. The van der Waals surface area contributed by atoms with Gasteiger partial charge in [-0.25, -0.2) is 4.39 Å². The van der Waals surface area contributed by atoms with E-state index in [0.29, 0.717) is 6.04 Å². The third-order valence-electron chi connectivity index (χ3n) is 3.93. The van der Waals surface area contributed by atoms with Gasteiger partial charge in [-0.05, 0) is 61.9 Å². The van der Waals surface area contributed by atoms with Crippen LogP contribution in [0.15, 0.2) is 18.2 Å². The van der Waals surface area contributed by atoms with Crippen molar-refractivity contribution in [1.82, 2.24) is 5.32 Å². The average molecular weight is 235 g/mol. The monoisotopic (exact) mass is 235 g/mol. The lowest BCUT2D eigenvalue weighted by molar-refractivity contribution is 0.229. The summed E-state index contributed by atoms with van der Waals surface area (Å²) in [5, 5.41) is 3.58. The van der Waals surface area contributed by atoms with Gasteiger partial charge in [-0.2, -0.15) is 0 Å². The highest BCUT2D eigenvalue weighted by Crippen LogP contribution is 2.31. The summed E-state index contributed by atoms with van der Waals surface area (Å²) in [6.07, 6.45) is 5.09. The van der Waals surface area contributed by atoms with Crippen molar-refractivity contribution in [1.29, 1.82) is 0 Å². The van der Waals surface area contributed by atoms with E-state index in [4.69, 9.17) is 0 Å². The van der Waals surface area contributed by atoms with Crippen LogP contribution >= 0.6 is 0 Å². The highest BCUT2D eigenvalue weighted by atomic mass is 19.1. The Kier molecular flexibility index (Phi) is 4.16. The average Bonchev–Trinajstić information content (AvgIpc) is 2.20.